The summed E-state index contributed by atoms with van der Waals surface area (Å²) in [5.41, 5.74) is 0.677. The Hall–Kier alpha value is -4.00. The molecule has 1 fully saturated rings. The summed E-state index contributed by atoms with van der Waals surface area (Å²) in [5.74, 6) is -1.75. The van der Waals surface area contributed by atoms with Crippen LogP contribution in [-0.4, -0.2) is 28.9 Å². The molecule has 0 radical (unpaired) electrons. The van der Waals surface area contributed by atoms with Crippen molar-refractivity contribution < 1.29 is 23.8 Å². The maximum atomic E-state index is 13.5. The van der Waals surface area contributed by atoms with Gasteiger partial charge in [0.25, 0.3) is 5.78 Å². The highest BCUT2D eigenvalue weighted by Crippen LogP contribution is 2.41. The minimum absolute atomic E-state index is 0.106. The third-order valence-electron chi connectivity index (χ3n) is 4.87. The summed E-state index contributed by atoms with van der Waals surface area (Å²) in [5, 5.41) is 11.0. The van der Waals surface area contributed by atoms with E-state index in [2.05, 4.69) is 4.98 Å². The molecule has 1 saturated heterocycles. The Labute approximate surface area is 171 Å². The van der Waals surface area contributed by atoms with Crippen LogP contribution in [-0.2, 0) is 9.59 Å². The maximum Gasteiger partial charge on any atom is 0.301 e. The number of nitrogens with zero attached hydrogens (tertiary/aromatic N) is 2. The number of benzene rings is 2. The third kappa shape index (κ3) is 3.30. The molecule has 3 aromatic rings. The predicted molar refractivity (Wildman–Crippen MR) is 108 cm³/mol. The number of halogens is 1. The number of amides is 1. The van der Waals surface area contributed by atoms with Gasteiger partial charge in [0, 0.05) is 11.8 Å². The number of ketones is 1. The lowest BCUT2D eigenvalue weighted by molar-refractivity contribution is -0.132. The SMILES string of the molecule is COc1cccc(C(O)=C2C(=O)C(=O)N(c3ccccn3)[C@@H]2c2ccc(F)cc2)c1. The molecule has 0 spiro atoms. The smallest absolute Gasteiger partial charge is 0.301 e. The highest BCUT2D eigenvalue weighted by Gasteiger charge is 2.47. The Balaban J connectivity index is 1.94. The summed E-state index contributed by atoms with van der Waals surface area (Å²) in [6, 6.07) is 15.9. The van der Waals surface area contributed by atoms with E-state index < -0.39 is 23.5 Å². The van der Waals surface area contributed by atoms with Crippen molar-refractivity contribution in [2.45, 2.75) is 6.04 Å². The van der Waals surface area contributed by atoms with E-state index in [1.165, 1.54) is 42.5 Å². The second-order valence-electron chi connectivity index (χ2n) is 6.64. The van der Waals surface area contributed by atoms with E-state index in [4.69, 9.17) is 4.74 Å². The quantitative estimate of drug-likeness (QED) is 0.406. The molecule has 2 aromatic carbocycles. The number of Topliss-reactive ketones (excluding diaryl/α,β-unsaturated/α-hetero) is 1. The number of anilines is 1. The van der Waals surface area contributed by atoms with Gasteiger partial charge in [0.2, 0.25) is 0 Å². The molecule has 1 amide bonds. The van der Waals surface area contributed by atoms with Crippen molar-refractivity contribution >= 4 is 23.3 Å². The van der Waals surface area contributed by atoms with Gasteiger partial charge >= 0.3 is 5.91 Å². The van der Waals surface area contributed by atoms with Gasteiger partial charge in [-0.15, -0.1) is 0 Å². The molecule has 0 saturated carbocycles. The highest BCUT2D eigenvalue weighted by molar-refractivity contribution is 6.51. The molecule has 4 rings (SSSR count). The van der Waals surface area contributed by atoms with Gasteiger partial charge in [-0.2, -0.15) is 0 Å². The molecular formula is C23H17FN2O4. The number of methoxy groups -OCH3 is 1. The van der Waals surface area contributed by atoms with Gasteiger partial charge in [0.1, 0.15) is 23.1 Å². The molecule has 0 aliphatic carbocycles. The van der Waals surface area contributed by atoms with E-state index in [1.54, 1.807) is 42.5 Å². The molecule has 1 atom stereocenters. The Morgan fingerprint density at radius 3 is 2.50 bits per heavy atom. The third-order valence-corrected chi connectivity index (χ3v) is 4.87. The molecule has 1 aliphatic rings. The van der Waals surface area contributed by atoms with E-state index in [0.29, 0.717) is 16.9 Å². The van der Waals surface area contributed by atoms with Crippen LogP contribution in [0.2, 0.25) is 0 Å². The largest absolute Gasteiger partial charge is 0.507 e. The lowest BCUT2D eigenvalue weighted by atomic mass is 9.95. The van der Waals surface area contributed by atoms with Gasteiger partial charge in [-0.3, -0.25) is 14.5 Å². The Bertz CT molecular complexity index is 1140. The highest BCUT2D eigenvalue weighted by atomic mass is 19.1. The van der Waals surface area contributed by atoms with Crippen molar-refractivity contribution in [1.82, 2.24) is 4.98 Å². The molecular weight excluding hydrogens is 387 g/mol. The summed E-state index contributed by atoms with van der Waals surface area (Å²) in [7, 11) is 1.48. The number of carbonyl (C=O) groups excluding carboxylic acids is 2. The molecule has 0 bridgehead atoms. The molecule has 1 N–H and O–H groups in total. The number of carbonyl (C=O) groups is 2. The fourth-order valence-electron chi connectivity index (χ4n) is 3.45. The van der Waals surface area contributed by atoms with Crippen LogP contribution in [0.15, 0.2) is 78.5 Å². The first-order valence-corrected chi connectivity index (χ1v) is 9.13. The minimum Gasteiger partial charge on any atom is -0.507 e. The number of pyridine rings is 1. The molecule has 0 unspecified atom stereocenters. The van der Waals surface area contributed by atoms with Crippen molar-refractivity contribution in [3.05, 3.63) is 95.4 Å². The number of rotatable bonds is 4. The van der Waals surface area contributed by atoms with Crippen molar-refractivity contribution in [3.8, 4) is 5.75 Å². The van der Waals surface area contributed by atoms with Crippen molar-refractivity contribution in [2.24, 2.45) is 0 Å². The van der Waals surface area contributed by atoms with E-state index in [1.807, 2.05) is 0 Å². The Morgan fingerprint density at radius 1 is 1.07 bits per heavy atom. The zero-order chi connectivity index (χ0) is 21.3. The van der Waals surface area contributed by atoms with E-state index in [-0.39, 0.29) is 17.2 Å². The van der Waals surface area contributed by atoms with E-state index in [9.17, 15) is 19.1 Å². The molecule has 1 aromatic heterocycles. The van der Waals surface area contributed by atoms with Crippen molar-refractivity contribution in [2.75, 3.05) is 12.0 Å². The lowest BCUT2D eigenvalue weighted by Crippen LogP contribution is -2.30. The van der Waals surface area contributed by atoms with Gasteiger partial charge in [0.05, 0.1) is 18.7 Å². The standard InChI is InChI=1S/C23H17FN2O4/c1-30-17-6-4-5-15(13-17)21(27)19-20(14-8-10-16(24)11-9-14)26(23(29)22(19)28)18-7-2-3-12-25-18/h2-13,20,27H,1H3/t20-/m1/s1. The van der Waals surface area contributed by atoms with E-state index >= 15 is 0 Å². The number of hydrogen-bond donors (Lipinski definition) is 1. The summed E-state index contributed by atoms with van der Waals surface area (Å²) in [6.45, 7) is 0. The zero-order valence-corrected chi connectivity index (χ0v) is 15.9. The van der Waals surface area contributed by atoms with Gasteiger partial charge in [0.15, 0.2) is 0 Å². The summed E-state index contributed by atoms with van der Waals surface area (Å²) < 4.78 is 18.7. The van der Waals surface area contributed by atoms with Crippen LogP contribution in [0, 0.1) is 5.82 Å². The number of ether oxygens (including phenoxy) is 1. The fraction of sp³-hybridized carbons (Fsp3) is 0.0870. The maximum absolute atomic E-state index is 13.5. The number of aliphatic hydroxyl groups excluding tert-OH is 1. The first-order chi connectivity index (χ1) is 14.5. The number of hydrogen-bond acceptors (Lipinski definition) is 5. The molecule has 6 nitrogen and oxygen atoms in total. The average molecular weight is 404 g/mol. The predicted octanol–water partition coefficient (Wildman–Crippen LogP) is 3.86. The summed E-state index contributed by atoms with van der Waals surface area (Å²) >= 11 is 0. The fourth-order valence-corrected chi connectivity index (χ4v) is 3.45. The molecule has 2 heterocycles. The second kappa shape index (κ2) is 7.79. The minimum atomic E-state index is -0.966. The monoisotopic (exact) mass is 404 g/mol. The van der Waals surface area contributed by atoms with Gasteiger partial charge in [-0.25, -0.2) is 9.37 Å². The molecule has 1 aliphatic heterocycles. The van der Waals surface area contributed by atoms with Crippen molar-refractivity contribution in [3.63, 3.8) is 0 Å². The second-order valence-corrected chi connectivity index (χ2v) is 6.64. The zero-order valence-electron chi connectivity index (χ0n) is 15.9. The molecule has 150 valence electrons. The first kappa shape index (κ1) is 19.3. The van der Waals surface area contributed by atoms with Crippen LogP contribution in [0.1, 0.15) is 17.2 Å². The Morgan fingerprint density at radius 2 is 1.83 bits per heavy atom. The summed E-state index contributed by atoms with van der Waals surface area (Å²) in [6.07, 6.45) is 1.50. The topological polar surface area (TPSA) is 79.7 Å². The van der Waals surface area contributed by atoms with Crippen LogP contribution in [0.25, 0.3) is 5.76 Å². The lowest BCUT2D eigenvalue weighted by Gasteiger charge is -2.24. The van der Waals surface area contributed by atoms with Crippen LogP contribution in [0.3, 0.4) is 0 Å². The van der Waals surface area contributed by atoms with Gasteiger partial charge in [-0.05, 0) is 42.0 Å². The molecule has 30 heavy (non-hydrogen) atoms. The van der Waals surface area contributed by atoms with Crippen LogP contribution in [0.5, 0.6) is 5.75 Å². The van der Waals surface area contributed by atoms with Crippen LogP contribution >= 0.6 is 0 Å². The van der Waals surface area contributed by atoms with Crippen LogP contribution < -0.4 is 9.64 Å². The normalized spacial score (nSPS) is 17.9. The Kier molecular flexibility index (Phi) is 5.02. The van der Waals surface area contributed by atoms with Crippen LogP contribution in [0.4, 0.5) is 10.2 Å². The summed E-state index contributed by atoms with van der Waals surface area (Å²) in [4.78, 5) is 31.3. The van der Waals surface area contributed by atoms with Gasteiger partial charge < -0.3 is 9.84 Å². The molecule has 7 heteroatoms. The number of aliphatic hydroxyl groups is 1. The average Bonchev–Trinajstić information content (AvgIpc) is 3.05. The van der Waals surface area contributed by atoms with E-state index in [0.717, 1.165) is 0 Å². The van der Waals surface area contributed by atoms with Gasteiger partial charge in [-0.1, -0.05) is 30.3 Å². The number of aromatic nitrogens is 1. The van der Waals surface area contributed by atoms with Crippen molar-refractivity contribution in [1.29, 1.82) is 0 Å². The first-order valence-electron chi connectivity index (χ1n) is 9.13.